The van der Waals surface area contributed by atoms with Crippen molar-refractivity contribution in [3.63, 3.8) is 0 Å². The van der Waals surface area contributed by atoms with E-state index in [9.17, 15) is 9.59 Å². The number of carbonyl (C=O) groups is 2. The molecule has 8 heteroatoms. The lowest BCUT2D eigenvalue weighted by Gasteiger charge is -2.12. The molecule has 0 aliphatic heterocycles. The number of hydrogen-bond donors (Lipinski definition) is 4. The first-order chi connectivity index (χ1) is 15.4. The highest BCUT2D eigenvalue weighted by Crippen LogP contribution is 2.19. The summed E-state index contributed by atoms with van der Waals surface area (Å²) in [7, 11) is 0. The monoisotopic (exact) mass is 462 g/mol. The molecule has 6 nitrogen and oxygen atoms in total. The fourth-order valence-electron chi connectivity index (χ4n) is 2.80. The van der Waals surface area contributed by atoms with Gasteiger partial charge in [-0.1, -0.05) is 49.4 Å². The van der Waals surface area contributed by atoms with Gasteiger partial charge in [0.2, 0.25) is 5.91 Å². The Bertz CT molecular complexity index is 1120. The van der Waals surface area contributed by atoms with Gasteiger partial charge in [-0.15, -0.1) is 0 Å². The summed E-state index contributed by atoms with van der Waals surface area (Å²) >= 11 is 10.3. The molecule has 0 unspecified atom stereocenters. The number of nitrogens with one attached hydrogen (secondary N) is 4. The number of carbonyl (C=O) groups excluding carboxylic acids is 2. The Morgan fingerprint density at radius 2 is 1.19 bits per heavy atom. The van der Waals surface area contributed by atoms with E-state index in [0.717, 1.165) is 11.1 Å². The highest BCUT2D eigenvalue weighted by atomic mass is 32.1. The van der Waals surface area contributed by atoms with Gasteiger partial charge in [-0.25, -0.2) is 0 Å². The van der Waals surface area contributed by atoms with Crippen LogP contribution < -0.4 is 21.3 Å². The quantitative estimate of drug-likeness (QED) is 0.412. The molecule has 3 rings (SSSR count). The standard InChI is InChI=1S/C24H22N4O2S2/c1-2-21(29)27-23(31)25-19-12-14-20(15-13-19)26-24(32)28-22(30)18-10-8-17(9-11-18)16-6-4-3-5-7-16/h3-15H,2H2,1H3,(H2,25,27,29,31)(H2,26,28,30,32). The second-order valence-electron chi connectivity index (χ2n) is 6.78. The maximum Gasteiger partial charge on any atom is 0.257 e. The van der Waals surface area contributed by atoms with Crippen molar-refractivity contribution in [2.75, 3.05) is 10.6 Å². The predicted octanol–water partition coefficient (Wildman–Crippen LogP) is 4.70. The molecule has 32 heavy (non-hydrogen) atoms. The summed E-state index contributed by atoms with van der Waals surface area (Å²) in [6.45, 7) is 1.75. The zero-order valence-corrected chi connectivity index (χ0v) is 19.0. The van der Waals surface area contributed by atoms with Gasteiger partial charge in [-0.3, -0.25) is 14.9 Å². The molecule has 0 aromatic heterocycles. The van der Waals surface area contributed by atoms with Gasteiger partial charge in [0.05, 0.1) is 0 Å². The van der Waals surface area contributed by atoms with Crippen molar-refractivity contribution in [2.24, 2.45) is 0 Å². The van der Waals surface area contributed by atoms with E-state index >= 15 is 0 Å². The Morgan fingerprint density at radius 3 is 1.72 bits per heavy atom. The van der Waals surface area contributed by atoms with Crippen LogP contribution in [0.3, 0.4) is 0 Å². The van der Waals surface area contributed by atoms with E-state index < -0.39 is 0 Å². The molecule has 0 radical (unpaired) electrons. The van der Waals surface area contributed by atoms with Crippen molar-refractivity contribution < 1.29 is 9.59 Å². The van der Waals surface area contributed by atoms with E-state index in [-0.39, 0.29) is 22.0 Å². The molecule has 0 saturated heterocycles. The SMILES string of the molecule is CCC(=O)NC(=S)Nc1ccc(NC(=S)NC(=O)c2ccc(-c3ccccc3)cc2)cc1. The van der Waals surface area contributed by atoms with Crippen LogP contribution in [0, 0.1) is 0 Å². The van der Waals surface area contributed by atoms with Crippen molar-refractivity contribution in [1.29, 1.82) is 0 Å². The number of rotatable bonds is 5. The zero-order valence-electron chi connectivity index (χ0n) is 17.3. The van der Waals surface area contributed by atoms with Crippen LogP contribution in [0.4, 0.5) is 11.4 Å². The van der Waals surface area contributed by atoms with Crippen LogP contribution in [0.1, 0.15) is 23.7 Å². The maximum atomic E-state index is 12.5. The summed E-state index contributed by atoms with van der Waals surface area (Å²) in [5, 5.41) is 11.6. The van der Waals surface area contributed by atoms with Gasteiger partial charge in [0.15, 0.2) is 10.2 Å². The van der Waals surface area contributed by atoms with E-state index in [1.54, 1.807) is 43.3 Å². The van der Waals surface area contributed by atoms with Gasteiger partial charge in [-0.2, -0.15) is 0 Å². The van der Waals surface area contributed by atoms with Gasteiger partial charge in [0.1, 0.15) is 0 Å². The number of benzene rings is 3. The average molecular weight is 463 g/mol. The third-order valence-electron chi connectivity index (χ3n) is 4.46. The smallest absolute Gasteiger partial charge is 0.257 e. The van der Waals surface area contributed by atoms with Gasteiger partial charge < -0.3 is 16.0 Å². The molecule has 0 atom stereocenters. The largest absolute Gasteiger partial charge is 0.332 e. The van der Waals surface area contributed by atoms with Crippen molar-refractivity contribution >= 4 is 57.8 Å². The van der Waals surface area contributed by atoms with Crippen molar-refractivity contribution in [3.8, 4) is 11.1 Å². The Hall–Kier alpha value is -3.62. The molecule has 0 aliphatic rings. The second-order valence-corrected chi connectivity index (χ2v) is 7.60. The summed E-state index contributed by atoms with van der Waals surface area (Å²) < 4.78 is 0. The Balaban J connectivity index is 1.52. The first-order valence-corrected chi connectivity index (χ1v) is 10.7. The molecule has 0 fully saturated rings. The summed E-state index contributed by atoms with van der Waals surface area (Å²) in [6.07, 6.45) is 0.352. The maximum absolute atomic E-state index is 12.5. The zero-order chi connectivity index (χ0) is 22.9. The minimum Gasteiger partial charge on any atom is -0.332 e. The molecule has 0 bridgehead atoms. The topological polar surface area (TPSA) is 82.3 Å². The molecule has 0 spiro atoms. The summed E-state index contributed by atoms with van der Waals surface area (Å²) in [6, 6.07) is 24.4. The molecule has 4 N–H and O–H groups in total. The number of hydrogen-bond acceptors (Lipinski definition) is 4. The van der Waals surface area contributed by atoms with Gasteiger partial charge in [0, 0.05) is 23.4 Å². The highest BCUT2D eigenvalue weighted by Gasteiger charge is 2.09. The molecule has 0 saturated carbocycles. The molecule has 162 valence electrons. The first-order valence-electron chi connectivity index (χ1n) is 9.93. The van der Waals surface area contributed by atoms with E-state index in [4.69, 9.17) is 24.4 Å². The minimum absolute atomic E-state index is 0.156. The second kappa shape index (κ2) is 11.1. The van der Waals surface area contributed by atoms with Crippen LogP contribution in [-0.4, -0.2) is 22.0 Å². The van der Waals surface area contributed by atoms with Gasteiger partial charge >= 0.3 is 0 Å². The van der Waals surface area contributed by atoms with Crippen LogP contribution in [-0.2, 0) is 4.79 Å². The first kappa shape index (κ1) is 23.1. The fraction of sp³-hybridized carbons (Fsp3) is 0.0833. The van der Waals surface area contributed by atoms with Crippen LogP contribution in [0.25, 0.3) is 11.1 Å². The van der Waals surface area contributed by atoms with Crippen LogP contribution in [0.2, 0.25) is 0 Å². The third kappa shape index (κ3) is 6.69. The van der Waals surface area contributed by atoms with Crippen molar-refractivity contribution in [2.45, 2.75) is 13.3 Å². The summed E-state index contributed by atoms with van der Waals surface area (Å²) in [4.78, 5) is 23.8. The van der Waals surface area contributed by atoms with E-state index in [0.29, 0.717) is 23.4 Å². The molecule has 3 aromatic carbocycles. The fourth-order valence-corrected chi connectivity index (χ4v) is 3.24. The van der Waals surface area contributed by atoms with Crippen LogP contribution in [0.15, 0.2) is 78.9 Å². The van der Waals surface area contributed by atoms with Gasteiger partial charge in [0.25, 0.3) is 5.91 Å². The molecule has 2 amide bonds. The number of amides is 2. The van der Waals surface area contributed by atoms with Crippen molar-refractivity contribution in [3.05, 3.63) is 84.4 Å². The van der Waals surface area contributed by atoms with Crippen LogP contribution >= 0.6 is 24.4 Å². The summed E-state index contributed by atoms with van der Waals surface area (Å²) in [5.41, 5.74) is 4.04. The lowest BCUT2D eigenvalue weighted by Crippen LogP contribution is -2.34. The molecular weight excluding hydrogens is 440 g/mol. The molecule has 0 heterocycles. The Morgan fingerprint density at radius 1 is 0.688 bits per heavy atom. The van der Waals surface area contributed by atoms with E-state index in [1.165, 1.54) is 0 Å². The highest BCUT2D eigenvalue weighted by molar-refractivity contribution is 7.80. The van der Waals surface area contributed by atoms with Crippen molar-refractivity contribution in [1.82, 2.24) is 10.6 Å². The number of thiocarbonyl (C=S) groups is 2. The van der Waals surface area contributed by atoms with E-state index in [2.05, 4.69) is 21.3 Å². The average Bonchev–Trinajstić information content (AvgIpc) is 2.80. The Labute approximate surface area is 197 Å². The molecular formula is C24H22N4O2S2. The lowest BCUT2D eigenvalue weighted by molar-refractivity contribution is -0.119. The Kier molecular flexibility index (Phi) is 8.02. The van der Waals surface area contributed by atoms with E-state index in [1.807, 2.05) is 42.5 Å². The minimum atomic E-state index is -0.294. The molecule has 3 aromatic rings. The predicted molar refractivity (Wildman–Crippen MR) is 137 cm³/mol. The lowest BCUT2D eigenvalue weighted by atomic mass is 10.0. The third-order valence-corrected chi connectivity index (χ3v) is 4.86. The van der Waals surface area contributed by atoms with Gasteiger partial charge in [-0.05, 0) is 72.0 Å². The normalized spacial score (nSPS) is 10.0. The number of anilines is 2. The summed E-state index contributed by atoms with van der Waals surface area (Å²) in [5.74, 6) is -0.450. The molecule has 0 aliphatic carbocycles. The van der Waals surface area contributed by atoms with Crippen LogP contribution in [0.5, 0.6) is 0 Å².